The van der Waals surface area contributed by atoms with Crippen LogP contribution in [0.3, 0.4) is 0 Å². The molecular weight excluding hydrogens is 410 g/mol. The van der Waals surface area contributed by atoms with Crippen molar-refractivity contribution in [1.82, 2.24) is 4.90 Å². The molecular formula is C25H27NO4S. The van der Waals surface area contributed by atoms with E-state index in [4.69, 9.17) is 9.47 Å². The number of imide groups is 1. The first-order chi connectivity index (χ1) is 15.1. The van der Waals surface area contributed by atoms with E-state index in [0.717, 1.165) is 37.7 Å². The number of methoxy groups -OCH3 is 2. The molecule has 0 spiro atoms. The average molecular weight is 438 g/mol. The van der Waals surface area contributed by atoms with Gasteiger partial charge in [0.15, 0.2) is 11.5 Å². The summed E-state index contributed by atoms with van der Waals surface area (Å²) in [5.41, 5.74) is 2.27. The molecule has 4 rings (SSSR count). The van der Waals surface area contributed by atoms with E-state index in [9.17, 15) is 9.59 Å². The molecule has 5 nitrogen and oxygen atoms in total. The van der Waals surface area contributed by atoms with Crippen molar-refractivity contribution in [2.45, 2.75) is 43.9 Å². The van der Waals surface area contributed by atoms with Gasteiger partial charge in [0.05, 0.1) is 24.7 Å². The van der Waals surface area contributed by atoms with Crippen molar-refractivity contribution in [2.75, 3.05) is 14.2 Å². The predicted molar refractivity (Wildman–Crippen MR) is 123 cm³/mol. The summed E-state index contributed by atoms with van der Waals surface area (Å²) in [6.07, 6.45) is 5.04. The molecule has 2 aromatic rings. The molecule has 0 N–H and O–H groups in total. The molecule has 0 atom stereocenters. The lowest BCUT2D eigenvalue weighted by Gasteiger charge is -2.30. The fraction of sp³-hybridized carbons (Fsp3) is 0.360. The third-order valence-electron chi connectivity index (χ3n) is 5.91. The van der Waals surface area contributed by atoms with Gasteiger partial charge in [0.1, 0.15) is 0 Å². The van der Waals surface area contributed by atoms with Crippen LogP contribution in [-0.2, 0) is 15.3 Å². The van der Waals surface area contributed by atoms with Crippen LogP contribution in [0.1, 0.15) is 43.2 Å². The molecule has 2 aliphatic rings. The van der Waals surface area contributed by atoms with Crippen LogP contribution in [0.2, 0.25) is 0 Å². The number of amides is 2. The summed E-state index contributed by atoms with van der Waals surface area (Å²) >= 11 is 1.44. The van der Waals surface area contributed by atoms with Gasteiger partial charge in [0.2, 0.25) is 0 Å². The van der Waals surface area contributed by atoms with Crippen LogP contribution < -0.4 is 9.47 Å². The van der Waals surface area contributed by atoms with Gasteiger partial charge in [-0.3, -0.25) is 14.5 Å². The lowest BCUT2D eigenvalue weighted by molar-refractivity contribution is -0.139. The van der Waals surface area contributed by atoms with E-state index < -0.39 is 0 Å². The summed E-state index contributed by atoms with van der Waals surface area (Å²) in [5.74, 6) is 1.40. The van der Waals surface area contributed by atoms with E-state index in [2.05, 4.69) is 0 Å². The van der Waals surface area contributed by atoms with Gasteiger partial charge in [0.25, 0.3) is 11.8 Å². The predicted octanol–water partition coefficient (Wildman–Crippen LogP) is 5.05. The number of nitrogens with zero attached hydrogens (tertiary/aromatic N) is 1. The Bertz CT molecular complexity index is 996. The molecule has 1 saturated carbocycles. The van der Waals surface area contributed by atoms with Gasteiger partial charge < -0.3 is 9.47 Å². The fourth-order valence-corrected chi connectivity index (χ4v) is 5.38. The molecule has 1 aliphatic carbocycles. The largest absolute Gasteiger partial charge is 0.493 e. The third-order valence-corrected chi connectivity index (χ3v) is 7.06. The number of thioether (sulfide) groups is 1. The first kappa shape index (κ1) is 21.5. The van der Waals surface area contributed by atoms with Gasteiger partial charge in [-0.15, -0.1) is 11.8 Å². The van der Waals surface area contributed by atoms with Crippen LogP contribution in [0.15, 0.2) is 53.4 Å². The lowest BCUT2D eigenvalue weighted by atomic mass is 9.94. The number of carbonyl (C=O) groups is 2. The van der Waals surface area contributed by atoms with Gasteiger partial charge in [-0.1, -0.05) is 55.7 Å². The summed E-state index contributed by atoms with van der Waals surface area (Å²) < 4.78 is 10.8. The second-order valence-corrected chi connectivity index (χ2v) is 8.81. The van der Waals surface area contributed by atoms with E-state index in [1.807, 2.05) is 36.4 Å². The normalized spacial score (nSPS) is 17.4. The lowest BCUT2D eigenvalue weighted by Crippen LogP contribution is -2.42. The Morgan fingerprint density at radius 2 is 1.61 bits per heavy atom. The summed E-state index contributed by atoms with van der Waals surface area (Å²) in [5, 5.41) is 0. The zero-order chi connectivity index (χ0) is 21.8. The first-order valence-corrected chi connectivity index (χ1v) is 11.6. The van der Waals surface area contributed by atoms with Crippen molar-refractivity contribution < 1.29 is 19.1 Å². The molecule has 1 fully saturated rings. The molecule has 31 heavy (non-hydrogen) atoms. The van der Waals surface area contributed by atoms with E-state index in [-0.39, 0.29) is 17.9 Å². The summed E-state index contributed by atoms with van der Waals surface area (Å²) in [6, 6.07) is 15.4. The maximum absolute atomic E-state index is 13.6. The Morgan fingerprint density at radius 3 is 2.29 bits per heavy atom. The Labute approximate surface area is 187 Å². The molecule has 0 unspecified atom stereocenters. The maximum atomic E-state index is 13.6. The van der Waals surface area contributed by atoms with Crippen molar-refractivity contribution in [3.8, 4) is 11.5 Å². The zero-order valence-corrected chi connectivity index (χ0v) is 18.7. The number of carbonyl (C=O) groups excluding carboxylic acids is 2. The van der Waals surface area contributed by atoms with E-state index >= 15 is 0 Å². The minimum Gasteiger partial charge on any atom is -0.493 e. The molecule has 1 aliphatic heterocycles. The van der Waals surface area contributed by atoms with Crippen LogP contribution in [0, 0.1) is 0 Å². The molecule has 0 saturated heterocycles. The Hall–Kier alpha value is -2.73. The highest BCUT2D eigenvalue weighted by atomic mass is 32.2. The van der Waals surface area contributed by atoms with E-state index in [1.54, 1.807) is 26.4 Å². The number of benzene rings is 2. The minimum atomic E-state index is -0.195. The molecule has 1 heterocycles. The van der Waals surface area contributed by atoms with Crippen LogP contribution >= 0.6 is 11.8 Å². The smallest absolute Gasteiger partial charge is 0.268 e. The van der Waals surface area contributed by atoms with Gasteiger partial charge in [-0.05, 0) is 36.1 Å². The number of hydrogen-bond donors (Lipinski definition) is 0. The van der Waals surface area contributed by atoms with Gasteiger partial charge in [-0.25, -0.2) is 0 Å². The molecule has 2 amide bonds. The fourth-order valence-electron chi connectivity index (χ4n) is 4.31. The summed E-state index contributed by atoms with van der Waals surface area (Å²) in [7, 11) is 3.14. The minimum absolute atomic E-state index is 0.0151. The number of ether oxygens (including phenoxy) is 2. The molecule has 162 valence electrons. The Morgan fingerprint density at radius 1 is 0.903 bits per heavy atom. The zero-order valence-electron chi connectivity index (χ0n) is 17.9. The highest BCUT2D eigenvalue weighted by Crippen LogP contribution is 2.42. The van der Waals surface area contributed by atoms with Crippen molar-refractivity contribution in [3.63, 3.8) is 0 Å². The average Bonchev–Trinajstić information content (AvgIpc) is 3.07. The van der Waals surface area contributed by atoms with Crippen molar-refractivity contribution in [3.05, 3.63) is 64.6 Å². The first-order valence-electron chi connectivity index (χ1n) is 10.6. The second-order valence-electron chi connectivity index (χ2n) is 7.82. The van der Waals surface area contributed by atoms with Crippen molar-refractivity contribution >= 4 is 29.1 Å². The van der Waals surface area contributed by atoms with E-state index in [1.165, 1.54) is 16.7 Å². The van der Waals surface area contributed by atoms with Gasteiger partial charge >= 0.3 is 0 Å². The standard InChI is InChI=1S/C25H27NO4S/c1-29-20-14-13-18(15-21(20)30-2)22-23(31-16-17-9-5-3-6-10-17)25(28)26(24(22)27)19-11-7-4-8-12-19/h3,5-6,9-10,13-15,19H,4,7-8,11-12,16H2,1-2H3. The summed E-state index contributed by atoms with van der Waals surface area (Å²) in [4.78, 5) is 29.1. The Kier molecular flexibility index (Phi) is 6.66. The second kappa shape index (κ2) is 9.60. The van der Waals surface area contributed by atoms with Crippen LogP contribution in [0.25, 0.3) is 5.57 Å². The van der Waals surface area contributed by atoms with E-state index in [0.29, 0.717) is 33.3 Å². The van der Waals surface area contributed by atoms with Gasteiger partial charge in [0, 0.05) is 11.8 Å². The van der Waals surface area contributed by atoms with Crippen molar-refractivity contribution in [1.29, 1.82) is 0 Å². The highest BCUT2D eigenvalue weighted by Gasteiger charge is 2.43. The monoisotopic (exact) mass is 437 g/mol. The maximum Gasteiger partial charge on any atom is 0.268 e. The number of rotatable bonds is 7. The summed E-state index contributed by atoms with van der Waals surface area (Å²) in [6.45, 7) is 0. The topological polar surface area (TPSA) is 55.8 Å². The van der Waals surface area contributed by atoms with Crippen LogP contribution in [0.4, 0.5) is 0 Å². The molecule has 2 aromatic carbocycles. The van der Waals surface area contributed by atoms with Crippen LogP contribution in [-0.4, -0.2) is 37.0 Å². The number of hydrogen-bond acceptors (Lipinski definition) is 5. The SMILES string of the molecule is COc1ccc(C2=C(SCc3ccccc3)C(=O)N(C3CCCCC3)C2=O)cc1OC. The van der Waals surface area contributed by atoms with Crippen molar-refractivity contribution in [2.24, 2.45) is 0 Å². The van der Waals surface area contributed by atoms with Crippen LogP contribution in [0.5, 0.6) is 11.5 Å². The van der Waals surface area contributed by atoms with Gasteiger partial charge in [-0.2, -0.15) is 0 Å². The Balaban J connectivity index is 1.72. The molecule has 0 radical (unpaired) electrons. The third kappa shape index (κ3) is 4.35. The molecule has 0 bridgehead atoms. The molecule has 6 heteroatoms. The molecule has 0 aromatic heterocycles. The highest BCUT2D eigenvalue weighted by molar-refractivity contribution is 8.03. The quantitative estimate of drug-likeness (QED) is 0.568.